The molecule has 0 spiro atoms. The number of methoxy groups -OCH3 is 1. The topological polar surface area (TPSA) is 45.1 Å². The van der Waals surface area contributed by atoms with E-state index in [0.717, 1.165) is 41.2 Å². The highest BCUT2D eigenvalue weighted by Gasteiger charge is 2.34. The Hall–Kier alpha value is -4.12. The van der Waals surface area contributed by atoms with E-state index in [-0.39, 0.29) is 11.9 Å². The minimum Gasteiger partial charge on any atom is -0.497 e. The Balaban J connectivity index is 1.32. The molecule has 1 unspecified atom stereocenters. The molecule has 0 fully saturated rings. The van der Waals surface area contributed by atoms with Gasteiger partial charge in [-0.15, -0.1) is 0 Å². The number of para-hydroxylation sites is 1. The Morgan fingerprint density at radius 1 is 0.943 bits per heavy atom. The van der Waals surface area contributed by atoms with E-state index in [0.29, 0.717) is 13.0 Å². The van der Waals surface area contributed by atoms with Gasteiger partial charge >= 0.3 is 0 Å². The first-order valence-corrected chi connectivity index (χ1v) is 12.0. The van der Waals surface area contributed by atoms with Crippen LogP contribution >= 0.6 is 0 Å². The zero-order valence-electron chi connectivity index (χ0n) is 19.7. The molecule has 4 aromatic rings. The van der Waals surface area contributed by atoms with Crippen LogP contribution < -0.4 is 9.64 Å². The number of carbonyl (C=O) groups excluding carboxylic acids is 1. The van der Waals surface area contributed by atoms with Gasteiger partial charge in [-0.1, -0.05) is 66.7 Å². The number of anilines is 1. The van der Waals surface area contributed by atoms with Crippen molar-refractivity contribution in [3.05, 3.63) is 108 Å². The number of fused-ring (bicyclic) bond motifs is 2. The molecule has 1 atom stereocenters. The Morgan fingerprint density at radius 3 is 2.54 bits per heavy atom. The van der Waals surface area contributed by atoms with Crippen molar-refractivity contribution in [3.63, 3.8) is 0 Å². The lowest BCUT2D eigenvalue weighted by Gasteiger charge is -2.26. The first-order chi connectivity index (χ1) is 17.2. The highest BCUT2D eigenvalue weighted by atomic mass is 16.5. The second-order valence-electron chi connectivity index (χ2n) is 9.14. The fraction of sp³-hybridized carbons (Fsp3) is 0.200. The van der Waals surface area contributed by atoms with Gasteiger partial charge in [-0.05, 0) is 58.1 Å². The molecule has 1 amide bonds. The molecule has 0 bridgehead atoms. The van der Waals surface area contributed by atoms with Gasteiger partial charge in [0.25, 0.3) is 5.91 Å². The number of nitrogens with zero attached hydrogens (tertiary/aromatic N) is 3. The van der Waals surface area contributed by atoms with Gasteiger partial charge < -0.3 is 9.64 Å². The van der Waals surface area contributed by atoms with E-state index in [1.807, 2.05) is 42.5 Å². The average Bonchev–Trinajstić information content (AvgIpc) is 3.54. The first kappa shape index (κ1) is 21.4. The van der Waals surface area contributed by atoms with Gasteiger partial charge in [-0.3, -0.25) is 4.79 Å². The normalized spacial score (nSPS) is 16.9. The zero-order valence-corrected chi connectivity index (χ0v) is 19.7. The summed E-state index contributed by atoms with van der Waals surface area (Å²) in [6, 6.07) is 30.9. The number of rotatable bonds is 5. The lowest BCUT2D eigenvalue weighted by atomic mass is 9.97. The highest BCUT2D eigenvalue weighted by molar-refractivity contribution is 6.05. The van der Waals surface area contributed by atoms with Crippen LogP contribution in [0.2, 0.25) is 0 Å². The summed E-state index contributed by atoms with van der Waals surface area (Å²) >= 11 is 0. The molecule has 35 heavy (non-hydrogen) atoms. The number of hydrazone groups is 1. The summed E-state index contributed by atoms with van der Waals surface area (Å²) < 4.78 is 5.34. The Bertz CT molecular complexity index is 1430. The first-order valence-electron chi connectivity index (χ1n) is 12.0. The van der Waals surface area contributed by atoms with Crippen molar-refractivity contribution >= 4 is 28.1 Å². The molecule has 174 valence electrons. The SMILES string of the molecule is COc1ccc(C2CC(c3ccc4ccccc4c3)=NN2C(=O)CN2CCc3ccccc32)cc1. The Labute approximate surface area is 205 Å². The van der Waals surface area contributed by atoms with E-state index in [9.17, 15) is 4.79 Å². The maximum absolute atomic E-state index is 13.7. The summed E-state index contributed by atoms with van der Waals surface area (Å²) in [7, 11) is 1.66. The number of ether oxygens (including phenoxy) is 1. The van der Waals surface area contributed by atoms with E-state index < -0.39 is 0 Å². The summed E-state index contributed by atoms with van der Waals surface area (Å²) in [5, 5.41) is 8.98. The fourth-order valence-electron chi connectivity index (χ4n) is 5.18. The number of hydrogen-bond acceptors (Lipinski definition) is 4. The van der Waals surface area contributed by atoms with Gasteiger partial charge in [-0.25, -0.2) is 5.01 Å². The molecule has 2 heterocycles. The minimum atomic E-state index is -0.146. The summed E-state index contributed by atoms with van der Waals surface area (Å²) in [6.45, 7) is 1.17. The van der Waals surface area contributed by atoms with Crippen molar-refractivity contribution in [2.75, 3.05) is 25.1 Å². The van der Waals surface area contributed by atoms with Crippen molar-refractivity contribution in [2.45, 2.75) is 18.9 Å². The van der Waals surface area contributed by atoms with Crippen LogP contribution in [0.5, 0.6) is 5.75 Å². The third-order valence-electron chi connectivity index (χ3n) is 7.06. The predicted molar refractivity (Wildman–Crippen MR) is 140 cm³/mol. The molecular weight excluding hydrogens is 434 g/mol. The maximum Gasteiger partial charge on any atom is 0.262 e. The summed E-state index contributed by atoms with van der Waals surface area (Å²) in [4.78, 5) is 15.8. The maximum atomic E-state index is 13.7. The molecule has 6 rings (SSSR count). The Kier molecular flexibility index (Phi) is 5.45. The number of hydrogen-bond donors (Lipinski definition) is 0. The van der Waals surface area contributed by atoms with Crippen LogP contribution in [0.3, 0.4) is 0 Å². The molecule has 0 radical (unpaired) electrons. The molecule has 0 saturated heterocycles. The number of amides is 1. The van der Waals surface area contributed by atoms with E-state index in [1.54, 1.807) is 12.1 Å². The third kappa shape index (κ3) is 4.03. The average molecular weight is 462 g/mol. The van der Waals surface area contributed by atoms with Gasteiger partial charge in [0.05, 0.1) is 25.4 Å². The second-order valence-corrected chi connectivity index (χ2v) is 9.14. The standard InChI is InChI=1S/C30H27N3O2/c1-35-26-14-12-23(13-15-26)29-19-27(25-11-10-21-6-2-3-8-24(21)18-25)31-33(29)30(34)20-32-17-16-22-7-4-5-9-28(22)32/h2-15,18,29H,16-17,19-20H2,1H3. The van der Waals surface area contributed by atoms with Gasteiger partial charge in [-0.2, -0.15) is 5.10 Å². The quantitative estimate of drug-likeness (QED) is 0.389. The lowest BCUT2D eigenvalue weighted by Crippen LogP contribution is -2.37. The van der Waals surface area contributed by atoms with Crippen LogP contribution in [0, 0.1) is 0 Å². The monoisotopic (exact) mass is 461 g/mol. The van der Waals surface area contributed by atoms with Gasteiger partial charge in [0.2, 0.25) is 0 Å². The molecule has 2 aliphatic rings. The van der Waals surface area contributed by atoms with Crippen LogP contribution in [-0.2, 0) is 11.2 Å². The molecule has 5 heteroatoms. The molecule has 2 aliphatic heterocycles. The molecule has 0 N–H and O–H groups in total. The van der Waals surface area contributed by atoms with E-state index in [4.69, 9.17) is 9.84 Å². The molecule has 0 aliphatic carbocycles. The second kappa shape index (κ2) is 8.91. The Morgan fingerprint density at radius 2 is 1.71 bits per heavy atom. The highest BCUT2D eigenvalue weighted by Crippen LogP contribution is 2.35. The zero-order chi connectivity index (χ0) is 23.8. The van der Waals surface area contributed by atoms with Crippen LogP contribution in [0.15, 0.2) is 96.1 Å². The molecule has 0 aromatic heterocycles. The smallest absolute Gasteiger partial charge is 0.262 e. The number of carbonyl (C=O) groups is 1. The number of benzene rings is 4. The molecule has 0 saturated carbocycles. The van der Waals surface area contributed by atoms with Crippen LogP contribution in [0.25, 0.3) is 10.8 Å². The van der Waals surface area contributed by atoms with E-state index in [2.05, 4.69) is 53.4 Å². The fourth-order valence-corrected chi connectivity index (χ4v) is 5.18. The van der Waals surface area contributed by atoms with Crippen LogP contribution in [-0.4, -0.2) is 36.8 Å². The minimum absolute atomic E-state index is 0.0123. The molecular formula is C30H27N3O2. The van der Waals surface area contributed by atoms with Crippen molar-refractivity contribution in [1.82, 2.24) is 5.01 Å². The van der Waals surface area contributed by atoms with Crippen molar-refractivity contribution in [3.8, 4) is 5.75 Å². The van der Waals surface area contributed by atoms with Crippen molar-refractivity contribution in [2.24, 2.45) is 5.10 Å². The largest absolute Gasteiger partial charge is 0.497 e. The van der Waals surface area contributed by atoms with Crippen molar-refractivity contribution < 1.29 is 9.53 Å². The van der Waals surface area contributed by atoms with E-state index >= 15 is 0 Å². The van der Waals surface area contributed by atoms with E-state index in [1.165, 1.54) is 16.3 Å². The van der Waals surface area contributed by atoms with Gasteiger partial charge in [0.1, 0.15) is 5.75 Å². The molecule has 5 nitrogen and oxygen atoms in total. The third-order valence-corrected chi connectivity index (χ3v) is 7.06. The molecule has 4 aromatic carbocycles. The van der Waals surface area contributed by atoms with Crippen LogP contribution in [0.1, 0.15) is 29.2 Å². The lowest BCUT2D eigenvalue weighted by molar-refractivity contribution is -0.131. The summed E-state index contributed by atoms with van der Waals surface area (Å²) in [5.41, 5.74) is 5.50. The van der Waals surface area contributed by atoms with Gasteiger partial charge in [0.15, 0.2) is 0 Å². The van der Waals surface area contributed by atoms with Crippen molar-refractivity contribution in [1.29, 1.82) is 0 Å². The predicted octanol–water partition coefficient (Wildman–Crippen LogP) is 5.59. The summed E-state index contributed by atoms with van der Waals surface area (Å²) in [6.07, 6.45) is 1.64. The van der Waals surface area contributed by atoms with Crippen LogP contribution in [0.4, 0.5) is 5.69 Å². The van der Waals surface area contributed by atoms with Gasteiger partial charge in [0, 0.05) is 18.7 Å². The summed E-state index contributed by atoms with van der Waals surface area (Å²) in [5.74, 6) is 0.812.